The number of likely N-dealkylation sites (tertiary alicyclic amines) is 1. The zero-order valence-electron chi connectivity index (χ0n) is 8.15. The Kier molecular flexibility index (Phi) is 2.55. The maximum absolute atomic E-state index is 3.61. The van der Waals surface area contributed by atoms with Crippen LogP contribution in [0.1, 0.15) is 27.2 Å². The molecule has 0 spiro atoms. The quantitative estimate of drug-likeness (QED) is 0.611. The van der Waals surface area contributed by atoms with E-state index in [0.29, 0.717) is 6.04 Å². The van der Waals surface area contributed by atoms with E-state index in [4.69, 9.17) is 0 Å². The fraction of sp³-hybridized carbons (Fsp3) is 1.00. The predicted molar refractivity (Wildman–Crippen MR) is 48.8 cm³/mol. The standard InChI is InChI=1S/C9H20N2/c1-9(2,3)10-8-5-6-11(4)7-8/h8,10H,5-7H2,1-4H3/t8-/m0/s1. The molecule has 0 aromatic heterocycles. The van der Waals surface area contributed by atoms with E-state index in [1.807, 2.05) is 0 Å². The van der Waals surface area contributed by atoms with E-state index in [0.717, 1.165) is 0 Å². The van der Waals surface area contributed by atoms with Crippen LogP contribution in [0.3, 0.4) is 0 Å². The van der Waals surface area contributed by atoms with Gasteiger partial charge in [-0.05, 0) is 40.8 Å². The van der Waals surface area contributed by atoms with E-state index in [1.165, 1.54) is 19.5 Å². The first-order valence-corrected chi connectivity index (χ1v) is 4.43. The highest BCUT2D eigenvalue weighted by atomic mass is 15.2. The Morgan fingerprint density at radius 3 is 2.36 bits per heavy atom. The summed E-state index contributed by atoms with van der Waals surface area (Å²) in [5, 5.41) is 3.61. The zero-order valence-corrected chi connectivity index (χ0v) is 8.15. The summed E-state index contributed by atoms with van der Waals surface area (Å²) in [4.78, 5) is 2.38. The van der Waals surface area contributed by atoms with Gasteiger partial charge in [-0.3, -0.25) is 0 Å². The lowest BCUT2D eigenvalue weighted by Gasteiger charge is -2.25. The molecule has 11 heavy (non-hydrogen) atoms. The SMILES string of the molecule is CN1CC[C@H](NC(C)(C)C)C1. The van der Waals surface area contributed by atoms with Gasteiger partial charge in [-0.25, -0.2) is 0 Å². The summed E-state index contributed by atoms with van der Waals surface area (Å²) in [5.41, 5.74) is 0.274. The lowest BCUT2D eigenvalue weighted by atomic mass is 10.1. The molecule has 1 aliphatic rings. The van der Waals surface area contributed by atoms with Gasteiger partial charge in [-0.2, -0.15) is 0 Å². The molecule has 1 heterocycles. The summed E-state index contributed by atoms with van der Waals surface area (Å²) < 4.78 is 0. The van der Waals surface area contributed by atoms with Gasteiger partial charge in [-0.1, -0.05) is 0 Å². The summed E-state index contributed by atoms with van der Waals surface area (Å²) >= 11 is 0. The molecule has 0 saturated carbocycles. The minimum atomic E-state index is 0.274. The van der Waals surface area contributed by atoms with E-state index in [9.17, 15) is 0 Å². The van der Waals surface area contributed by atoms with Gasteiger partial charge in [0.15, 0.2) is 0 Å². The van der Waals surface area contributed by atoms with Gasteiger partial charge in [0.25, 0.3) is 0 Å². The van der Waals surface area contributed by atoms with Crippen molar-refractivity contribution in [2.45, 2.75) is 38.8 Å². The molecule has 1 fully saturated rings. The van der Waals surface area contributed by atoms with E-state index in [-0.39, 0.29) is 5.54 Å². The Morgan fingerprint density at radius 2 is 2.00 bits per heavy atom. The third-order valence-electron chi connectivity index (χ3n) is 2.03. The van der Waals surface area contributed by atoms with Crippen LogP contribution in [0.25, 0.3) is 0 Å². The molecule has 0 aromatic carbocycles. The molecule has 1 aliphatic heterocycles. The topological polar surface area (TPSA) is 15.3 Å². The fourth-order valence-electron chi connectivity index (χ4n) is 1.67. The molecule has 2 nitrogen and oxygen atoms in total. The van der Waals surface area contributed by atoms with Crippen LogP contribution in [0.4, 0.5) is 0 Å². The predicted octanol–water partition coefficient (Wildman–Crippen LogP) is 1.08. The number of rotatable bonds is 1. The second-order valence-electron chi connectivity index (χ2n) is 4.64. The number of nitrogens with one attached hydrogen (secondary N) is 1. The van der Waals surface area contributed by atoms with Gasteiger partial charge >= 0.3 is 0 Å². The molecular formula is C9H20N2. The van der Waals surface area contributed by atoms with Crippen molar-refractivity contribution in [3.8, 4) is 0 Å². The van der Waals surface area contributed by atoms with Crippen LogP contribution < -0.4 is 5.32 Å². The van der Waals surface area contributed by atoms with Crippen LogP contribution in [0.5, 0.6) is 0 Å². The highest BCUT2D eigenvalue weighted by molar-refractivity contribution is 4.84. The molecule has 0 aliphatic carbocycles. The van der Waals surface area contributed by atoms with Gasteiger partial charge in [0.1, 0.15) is 0 Å². The highest BCUT2D eigenvalue weighted by Gasteiger charge is 2.23. The van der Waals surface area contributed by atoms with Crippen LogP contribution in [-0.2, 0) is 0 Å². The van der Waals surface area contributed by atoms with Gasteiger partial charge in [0.2, 0.25) is 0 Å². The molecule has 1 N–H and O–H groups in total. The molecule has 2 heteroatoms. The van der Waals surface area contributed by atoms with Crippen molar-refractivity contribution in [3.63, 3.8) is 0 Å². The monoisotopic (exact) mass is 156 g/mol. The lowest BCUT2D eigenvalue weighted by molar-refractivity contribution is 0.343. The Bertz CT molecular complexity index is 126. The molecule has 0 amide bonds. The van der Waals surface area contributed by atoms with Crippen molar-refractivity contribution in [3.05, 3.63) is 0 Å². The van der Waals surface area contributed by atoms with E-state index in [2.05, 4.69) is 38.0 Å². The van der Waals surface area contributed by atoms with Crippen LogP contribution in [0.2, 0.25) is 0 Å². The van der Waals surface area contributed by atoms with Crippen molar-refractivity contribution >= 4 is 0 Å². The first kappa shape index (κ1) is 9.01. The molecule has 1 saturated heterocycles. The maximum Gasteiger partial charge on any atom is 0.0211 e. The third kappa shape index (κ3) is 3.21. The van der Waals surface area contributed by atoms with Gasteiger partial charge < -0.3 is 10.2 Å². The number of nitrogens with zero attached hydrogens (tertiary/aromatic N) is 1. The number of hydrogen-bond donors (Lipinski definition) is 1. The lowest BCUT2D eigenvalue weighted by Crippen LogP contribution is -2.44. The largest absolute Gasteiger partial charge is 0.308 e. The Balaban J connectivity index is 2.29. The van der Waals surface area contributed by atoms with Crippen molar-refractivity contribution < 1.29 is 0 Å². The first-order chi connectivity index (χ1) is 4.97. The maximum atomic E-state index is 3.61. The van der Waals surface area contributed by atoms with Gasteiger partial charge in [0.05, 0.1) is 0 Å². The van der Waals surface area contributed by atoms with E-state index in [1.54, 1.807) is 0 Å². The molecule has 0 unspecified atom stereocenters. The second-order valence-corrected chi connectivity index (χ2v) is 4.64. The first-order valence-electron chi connectivity index (χ1n) is 4.43. The fourth-order valence-corrected chi connectivity index (χ4v) is 1.67. The van der Waals surface area contributed by atoms with Crippen molar-refractivity contribution in [2.24, 2.45) is 0 Å². The summed E-state index contributed by atoms with van der Waals surface area (Å²) in [6.07, 6.45) is 1.30. The van der Waals surface area contributed by atoms with Crippen LogP contribution in [0.15, 0.2) is 0 Å². The van der Waals surface area contributed by atoms with Crippen LogP contribution >= 0.6 is 0 Å². The van der Waals surface area contributed by atoms with Gasteiger partial charge in [-0.15, -0.1) is 0 Å². The zero-order chi connectivity index (χ0) is 8.48. The molecule has 0 aromatic rings. The van der Waals surface area contributed by atoms with Crippen molar-refractivity contribution in [1.29, 1.82) is 0 Å². The summed E-state index contributed by atoms with van der Waals surface area (Å²) in [6.45, 7) is 9.13. The normalized spacial score (nSPS) is 27.8. The Labute approximate surface area is 70.0 Å². The average Bonchev–Trinajstić information content (AvgIpc) is 2.10. The Hall–Kier alpha value is -0.0800. The minimum Gasteiger partial charge on any atom is -0.308 e. The minimum absolute atomic E-state index is 0.274. The summed E-state index contributed by atoms with van der Waals surface area (Å²) in [6, 6.07) is 0.708. The van der Waals surface area contributed by atoms with E-state index < -0.39 is 0 Å². The Morgan fingerprint density at radius 1 is 1.36 bits per heavy atom. The second kappa shape index (κ2) is 3.11. The molecule has 0 bridgehead atoms. The molecule has 66 valence electrons. The molecular weight excluding hydrogens is 136 g/mol. The van der Waals surface area contributed by atoms with Crippen LogP contribution in [-0.4, -0.2) is 36.6 Å². The van der Waals surface area contributed by atoms with Crippen molar-refractivity contribution in [2.75, 3.05) is 20.1 Å². The molecule has 0 radical (unpaired) electrons. The number of hydrogen-bond acceptors (Lipinski definition) is 2. The molecule has 1 rings (SSSR count). The molecule has 1 atom stereocenters. The smallest absolute Gasteiger partial charge is 0.0211 e. The third-order valence-corrected chi connectivity index (χ3v) is 2.03. The summed E-state index contributed by atoms with van der Waals surface area (Å²) in [5.74, 6) is 0. The number of likely N-dealkylation sites (N-methyl/N-ethyl adjacent to an activating group) is 1. The van der Waals surface area contributed by atoms with Gasteiger partial charge in [0, 0.05) is 18.1 Å². The van der Waals surface area contributed by atoms with E-state index >= 15 is 0 Å². The average molecular weight is 156 g/mol. The highest BCUT2D eigenvalue weighted by Crippen LogP contribution is 2.10. The summed E-state index contributed by atoms with van der Waals surface area (Å²) in [7, 11) is 2.18. The van der Waals surface area contributed by atoms with Crippen molar-refractivity contribution in [1.82, 2.24) is 10.2 Å². The van der Waals surface area contributed by atoms with Crippen LogP contribution in [0, 0.1) is 0 Å².